The third-order valence-corrected chi connectivity index (χ3v) is 3.98. The Bertz CT molecular complexity index is 684. The highest BCUT2D eigenvalue weighted by Crippen LogP contribution is 2.13. The normalized spacial score (nSPS) is 10.8. The number of nitrogens with one attached hydrogen (secondary N) is 2. The fourth-order valence-electron chi connectivity index (χ4n) is 1.71. The van der Waals surface area contributed by atoms with Gasteiger partial charge in [0, 0.05) is 31.5 Å². The molecule has 0 aliphatic carbocycles. The molecule has 23 heavy (non-hydrogen) atoms. The SMILES string of the molecule is CCNC(=O)CCC(=O)NS(=O)(=O)Cc1ccc([N+](=O)[O-])cc1. The van der Waals surface area contributed by atoms with Crippen LogP contribution in [-0.2, 0) is 25.4 Å². The molecular weight excluding hydrogens is 326 g/mol. The van der Waals surface area contributed by atoms with Gasteiger partial charge in [0.05, 0.1) is 10.7 Å². The molecule has 0 aromatic heterocycles. The van der Waals surface area contributed by atoms with Crippen LogP contribution < -0.4 is 10.0 Å². The average molecular weight is 343 g/mol. The van der Waals surface area contributed by atoms with Gasteiger partial charge >= 0.3 is 0 Å². The lowest BCUT2D eigenvalue weighted by Gasteiger charge is -2.07. The Morgan fingerprint density at radius 3 is 2.22 bits per heavy atom. The summed E-state index contributed by atoms with van der Waals surface area (Å²) in [6, 6.07) is 4.97. The van der Waals surface area contributed by atoms with Crippen LogP contribution >= 0.6 is 0 Å². The maximum Gasteiger partial charge on any atom is 0.269 e. The average Bonchev–Trinajstić information content (AvgIpc) is 2.45. The van der Waals surface area contributed by atoms with Gasteiger partial charge in [0.1, 0.15) is 0 Å². The third kappa shape index (κ3) is 6.87. The van der Waals surface area contributed by atoms with E-state index in [4.69, 9.17) is 0 Å². The first-order chi connectivity index (χ1) is 10.7. The van der Waals surface area contributed by atoms with Crippen LogP contribution in [0, 0.1) is 10.1 Å². The number of nitro groups is 1. The highest BCUT2D eigenvalue weighted by atomic mass is 32.2. The van der Waals surface area contributed by atoms with Gasteiger partial charge in [0.25, 0.3) is 5.69 Å². The second-order valence-electron chi connectivity index (χ2n) is 4.66. The van der Waals surface area contributed by atoms with Crippen molar-refractivity contribution in [2.75, 3.05) is 6.54 Å². The molecular formula is C13H17N3O6S. The van der Waals surface area contributed by atoms with E-state index in [0.29, 0.717) is 12.1 Å². The maximum atomic E-state index is 11.8. The molecule has 0 unspecified atom stereocenters. The van der Waals surface area contributed by atoms with Crippen molar-refractivity contribution in [1.82, 2.24) is 10.0 Å². The zero-order valence-electron chi connectivity index (χ0n) is 12.4. The van der Waals surface area contributed by atoms with Crippen LogP contribution in [0.5, 0.6) is 0 Å². The number of sulfonamides is 1. The fraction of sp³-hybridized carbons (Fsp3) is 0.385. The molecule has 1 rings (SSSR count). The minimum absolute atomic E-state index is 0.104. The topological polar surface area (TPSA) is 135 Å². The minimum Gasteiger partial charge on any atom is -0.356 e. The summed E-state index contributed by atoms with van der Waals surface area (Å²) >= 11 is 0. The Morgan fingerprint density at radius 2 is 1.70 bits per heavy atom. The molecule has 0 atom stereocenters. The molecule has 0 saturated heterocycles. The number of benzene rings is 1. The molecule has 0 heterocycles. The van der Waals surface area contributed by atoms with Gasteiger partial charge in [-0.05, 0) is 12.5 Å². The van der Waals surface area contributed by atoms with Crippen molar-refractivity contribution >= 4 is 27.5 Å². The number of non-ortho nitro benzene ring substituents is 1. The number of carbonyl (C=O) groups excluding carboxylic acids is 2. The van der Waals surface area contributed by atoms with Crippen LogP contribution in [0.3, 0.4) is 0 Å². The molecule has 0 fully saturated rings. The van der Waals surface area contributed by atoms with Crippen LogP contribution in [0.25, 0.3) is 0 Å². The van der Waals surface area contributed by atoms with Crippen molar-refractivity contribution in [3.63, 3.8) is 0 Å². The first-order valence-corrected chi connectivity index (χ1v) is 8.42. The molecule has 0 spiro atoms. The Hall–Kier alpha value is -2.49. The van der Waals surface area contributed by atoms with Gasteiger partial charge in [-0.25, -0.2) is 8.42 Å². The van der Waals surface area contributed by atoms with E-state index < -0.39 is 26.6 Å². The molecule has 10 heteroatoms. The van der Waals surface area contributed by atoms with E-state index in [0.717, 1.165) is 0 Å². The van der Waals surface area contributed by atoms with Gasteiger partial charge in [0.2, 0.25) is 21.8 Å². The Morgan fingerprint density at radius 1 is 1.13 bits per heavy atom. The summed E-state index contributed by atoms with van der Waals surface area (Å²) in [6.45, 7) is 2.16. The molecule has 1 aromatic carbocycles. The number of nitro benzene ring substituents is 1. The molecule has 2 amide bonds. The zero-order chi connectivity index (χ0) is 17.5. The smallest absolute Gasteiger partial charge is 0.269 e. The van der Waals surface area contributed by atoms with E-state index in [2.05, 4.69) is 5.32 Å². The van der Waals surface area contributed by atoms with Gasteiger partial charge in [-0.2, -0.15) is 0 Å². The summed E-state index contributed by atoms with van der Waals surface area (Å²) in [5, 5.41) is 13.0. The highest BCUT2D eigenvalue weighted by molar-refractivity contribution is 7.89. The molecule has 0 radical (unpaired) electrons. The van der Waals surface area contributed by atoms with Crippen molar-refractivity contribution in [3.05, 3.63) is 39.9 Å². The summed E-state index contributed by atoms with van der Waals surface area (Å²) in [4.78, 5) is 32.7. The largest absolute Gasteiger partial charge is 0.356 e. The second kappa shape index (κ2) is 8.22. The summed E-state index contributed by atoms with van der Waals surface area (Å²) in [6.07, 6.45) is -0.349. The Labute approximate surface area is 133 Å². The lowest BCUT2D eigenvalue weighted by atomic mass is 10.2. The van der Waals surface area contributed by atoms with Crippen LogP contribution in [-0.4, -0.2) is 31.7 Å². The molecule has 0 saturated carbocycles. The van der Waals surface area contributed by atoms with Crippen molar-refractivity contribution in [1.29, 1.82) is 0 Å². The van der Waals surface area contributed by atoms with Crippen LogP contribution in [0.4, 0.5) is 5.69 Å². The van der Waals surface area contributed by atoms with E-state index >= 15 is 0 Å². The predicted molar refractivity (Wildman–Crippen MR) is 81.8 cm³/mol. The Balaban J connectivity index is 2.56. The van der Waals surface area contributed by atoms with Crippen LogP contribution in [0.15, 0.2) is 24.3 Å². The lowest BCUT2D eigenvalue weighted by Crippen LogP contribution is -2.33. The quantitative estimate of drug-likeness (QED) is 0.520. The first kappa shape index (κ1) is 18.6. The van der Waals surface area contributed by atoms with Gasteiger partial charge < -0.3 is 5.32 Å². The minimum atomic E-state index is -3.93. The number of hydrogen-bond acceptors (Lipinski definition) is 6. The molecule has 2 N–H and O–H groups in total. The standard InChI is InChI=1S/C13H17N3O6S/c1-2-14-12(17)7-8-13(18)15-23(21,22)9-10-3-5-11(6-4-10)16(19)20/h3-6H,2,7-9H2,1H3,(H,14,17)(H,15,18). The van der Waals surface area contributed by atoms with Gasteiger partial charge in [-0.15, -0.1) is 0 Å². The van der Waals surface area contributed by atoms with E-state index in [1.807, 2.05) is 4.72 Å². The fourth-order valence-corrected chi connectivity index (χ4v) is 2.86. The van der Waals surface area contributed by atoms with E-state index in [1.54, 1.807) is 6.92 Å². The van der Waals surface area contributed by atoms with Crippen molar-refractivity contribution in [2.24, 2.45) is 0 Å². The summed E-state index contributed by atoms with van der Waals surface area (Å²) in [5.41, 5.74) is 0.150. The summed E-state index contributed by atoms with van der Waals surface area (Å²) < 4.78 is 25.5. The van der Waals surface area contributed by atoms with E-state index in [1.165, 1.54) is 24.3 Å². The molecule has 9 nitrogen and oxygen atoms in total. The number of hydrogen-bond donors (Lipinski definition) is 2. The van der Waals surface area contributed by atoms with E-state index in [-0.39, 0.29) is 24.4 Å². The monoisotopic (exact) mass is 343 g/mol. The Kier molecular flexibility index (Phi) is 6.64. The summed E-state index contributed by atoms with van der Waals surface area (Å²) in [7, 11) is -3.93. The van der Waals surface area contributed by atoms with Gasteiger partial charge in [0.15, 0.2) is 0 Å². The maximum absolute atomic E-state index is 11.8. The molecule has 126 valence electrons. The predicted octanol–water partition coefficient (Wildman–Crippen LogP) is 0.457. The molecule has 0 aliphatic heterocycles. The second-order valence-corrected chi connectivity index (χ2v) is 6.38. The third-order valence-electron chi connectivity index (χ3n) is 2.73. The number of carbonyl (C=O) groups is 2. The zero-order valence-corrected chi connectivity index (χ0v) is 13.3. The van der Waals surface area contributed by atoms with Crippen molar-refractivity contribution < 1.29 is 22.9 Å². The lowest BCUT2D eigenvalue weighted by molar-refractivity contribution is -0.384. The number of amides is 2. The molecule has 0 aliphatic rings. The number of rotatable bonds is 8. The summed E-state index contributed by atoms with van der Waals surface area (Å²) in [5.74, 6) is -1.61. The first-order valence-electron chi connectivity index (χ1n) is 6.77. The van der Waals surface area contributed by atoms with Gasteiger partial charge in [-0.1, -0.05) is 12.1 Å². The van der Waals surface area contributed by atoms with Gasteiger partial charge in [-0.3, -0.25) is 24.4 Å². The highest BCUT2D eigenvalue weighted by Gasteiger charge is 2.17. The molecule has 1 aromatic rings. The van der Waals surface area contributed by atoms with Crippen LogP contribution in [0.1, 0.15) is 25.3 Å². The number of nitrogens with zero attached hydrogens (tertiary/aromatic N) is 1. The van der Waals surface area contributed by atoms with Crippen molar-refractivity contribution in [2.45, 2.75) is 25.5 Å². The van der Waals surface area contributed by atoms with Crippen molar-refractivity contribution in [3.8, 4) is 0 Å². The van der Waals surface area contributed by atoms with Crippen LogP contribution in [0.2, 0.25) is 0 Å². The van der Waals surface area contributed by atoms with E-state index in [9.17, 15) is 28.1 Å². The molecule has 0 bridgehead atoms.